The molecule has 1 atom stereocenters. The van der Waals surface area contributed by atoms with Gasteiger partial charge in [0.2, 0.25) is 0 Å². The minimum atomic E-state index is -0.0416. The van der Waals surface area contributed by atoms with Crippen LogP contribution in [0.25, 0.3) is 10.9 Å². The molecule has 4 heteroatoms. The van der Waals surface area contributed by atoms with E-state index < -0.39 is 0 Å². The first-order valence-corrected chi connectivity index (χ1v) is 11.1. The Labute approximate surface area is 188 Å². The van der Waals surface area contributed by atoms with Crippen molar-refractivity contribution < 1.29 is 4.79 Å². The van der Waals surface area contributed by atoms with Crippen molar-refractivity contribution in [3.8, 4) is 0 Å². The van der Waals surface area contributed by atoms with Gasteiger partial charge in [0, 0.05) is 33.7 Å². The highest BCUT2D eigenvalue weighted by atomic mass is 35.5. The third-order valence-corrected chi connectivity index (χ3v) is 6.32. The molecule has 0 aliphatic heterocycles. The van der Waals surface area contributed by atoms with Gasteiger partial charge in [0.05, 0.1) is 6.04 Å². The Balaban J connectivity index is 1.63. The number of aromatic nitrogens is 1. The largest absolute Gasteiger partial charge is 0.345 e. The van der Waals surface area contributed by atoms with E-state index >= 15 is 0 Å². The lowest BCUT2D eigenvalue weighted by atomic mass is 10.0. The molecule has 158 valence electrons. The van der Waals surface area contributed by atoms with E-state index in [9.17, 15) is 4.79 Å². The first kappa shape index (κ1) is 21.2. The third-order valence-electron chi connectivity index (χ3n) is 6.07. The Kier molecular flexibility index (Phi) is 6.15. The van der Waals surface area contributed by atoms with E-state index in [4.69, 9.17) is 11.6 Å². The maximum absolute atomic E-state index is 13.0. The zero-order chi connectivity index (χ0) is 22.0. The zero-order valence-corrected chi connectivity index (χ0v) is 18.9. The maximum Gasteiger partial charge on any atom is 0.251 e. The van der Waals surface area contributed by atoms with Gasteiger partial charge in [-0.25, -0.2) is 0 Å². The number of amides is 1. The second-order valence-electron chi connectivity index (χ2n) is 8.00. The van der Waals surface area contributed by atoms with Crippen molar-refractivity contribution in [3.05, 3.63) is 106 Å². The molecule has 31 heavy (non-hydrogen) atoms. The molecule has 0 spiro atoms. The average Bonchev–Trinajstić information content (AvgIpc) is 3.03. The molecule has 1 aromatic heterocycles. The van der Waals surface area contributed by atoms with Gasteiger partial charge in [-0.2, -0.15) is 0 Å². The number of halogens is 1. The number of hydrogen-bond donors (Lipinski definition) is 1. The second kappa shape index (κ2) is 8.99. The summed E-state index contributed by atoms with van der Waals surface area (Å²) < 4.78 is 2.30. The molecule has 0 bridgehead atoms. The fourth-order valence-electron chi connectivity index (χ4n) is 4.12. The molecule has 1 amide bonds. The van der Waals surface area contributed by atoms with Crippen molar-refractivity contribution >= 4 is 28.4 Å². The summed E-state index contributed by atoms with van der Waals surface area (Å²) in [4.78, 5) is 13.0. The van der Waals surface area contributed by atoms with Gasteiger partial charge in [0.15, 0.2) is 0 Å². The lowest BCUT2D eigenvalue weighted by Gasteiger charge is -2.17. The molecule has 0 aliphatic carbocycles. The summed E-state index contributed by atoms with van der Waals surface area (Å²) in [5, 5.41) is 5.05. The van der Waals surface area contributed by atoms with Gasteiger partial charge in [-0.15, -0.1) is 0 Å². The first-order valence-electron chi connectivity index (χ1n) is 10.7. The van der Waals surface area contributed by atoms with E-state index in [0.29, 0.717) is 5.56 Å². The first-order chi connectivity index (χ1) is 15.0. The van der Waals surface area contributed by atoms with Gasteiger partial charge in [-0.1, -0.05) is 61.0 Å². The molecular formula is C27H27ClN2O. The number of aryl methyl sites for hydroxylation is 1. The fourth-order valence-corrected chi connectivity index (χ4v) is 4.24. The minimum Gasteiger partial charge on any atom is -0.345 e. The summed E-state index contributed by atoms with van der Waals surface area (Å²) in [5.41, 5.74) is 6.55. The van der Waals surface area contributed by atoms with Crippen LogP contribution in [0, 0.1) is 13.8 Å². The Hall–Kier alpha value is -3.04. The van der Waals surface area contributed by atoms with Crippen molar-refractivity contribution in [3.63, 3.8) is 0 Å². The molecule has 1 heterocycles. The molecule has 4 aromatic rings. The Morgan fingerprint density at radius 3 is 2.39 bits per heavy atom. The van der Waals surface area contributed by atoms with Crippen LogP contribution in [0.1, 0.15) is 52.1 Å². The summed E-state index contributed by atoms with van der Waals surface area (Å²) in [6, 6.07) is 24.1. The summed E-state index contributed by atoms with van der Waals surface area (Å²) >= 11 is 6.03. The van der Waals surface area contributed by atoms with Crippen molar-refractivity contribution in [1.82, 2.24) is 9.88 Å². The number of nitrogens with one attached hydrogen (secondary N) is 1. The van der Waals surface area contributed by atoms with E-state index in [0.717, 1.165) is 34.5 Å². The molecule has 4 rings (SSSR count). The SMILES string of the molecule is CCC(NC(=O)c1ccc2c(c1)c(C)c(C)n2Cc1ccc(Cl)cc1)c1ccccc1. The number of fused-ring (bicyclic) bond motifs is 1. The number of carbonyl (C=O) groups is 1. The number of carbonyl (C=O) groups excluding carboxylic acids is 1. The second-order valence-corrected chi connectivity index (χ2v) is 8.44. The lowest BCUT2D eigenvalue weighted by molar-refractivity contribution is 0.0935. The monoisotopic (exact) mass is 430 g/mol. The average molecular weight is 431 g/mol. The van der Waals surface area contributed by atoms with Crippen molar-refractivity contribution in [1.29, 1.82) is 0 Å². The third kappa shape index (κ3) is 4.38. The highest BCUT2D eigenvalue weighted by Gasteiger charge is 2.17. The van der Waals surface area contributed by atoms with Gasteiger partial charge in [-0.3, -0.25) is 4.79 Å². The molecule has 0 saturated heterocycles. The van der Waals surface area contributed by atoms with Crippen LogP contribution in [0.4, 0.5) is 0 Å². The number of hydrogen-bond acceptors (Lipinski definition) is 1. The van der Waals surface area contributed by atoms with Crippen LogP contribution in [0.3, 0.4) is 0 Å². The lowest BCUT2D eigenvalue weighted by Crippen LogP contribution is -2.28. The minimum absolute atomic E-state index is 0.00160. The van der Waals surface area contributed by atoms with Crippen LogP contribution in [0.15, 0.2) is 72.8 Å². The number of rotatable bonds is 6. The van der Waals surface area contributed by atoms with Crippen LogP contribution in [0.5, 0.6) is 0 Å². The predicted molar refractivity (Wildman–Crippen MR) is 129 cm³/mol. The maximum atomic E-state index is 13.0. The molecule has 3 nitrogen and oxygen atoms in total. The molecule has 1 unspecified atom stereocenters. The molecule has 0 aliphatic rings. The number of benzene rings is 3. The molecule has 0 fully saturated rings. The summed E-state index contributed by atoms with van der Waals surface area (Å²) in [6.45, 7) is 7.11. The number of nitrogens with zero attached hydrogens (tertiary/aromatic N) is 1. The van der Waals surface area contributed by atoms with E-state index in [1.165, 1.54) is 16.8 Å². The van der Waals surface area contributed by atoms with Crippen LogP contribution in [-0.4, -0.2) is 10.5 Å². The van der Waals surface area contributed by atoms with Crippen LogP contribution >= 0.6 is 11.6 Å². The smallest absolute Gasteiger partial charge is 0.251 e. The van der Waals surface area contributed by atoms with E-state index in [2.05, 4.69) is 61.0 Å². The van der Waals surface area contributed by atoms with Gasteiger partial charge < -0.3 is 9.88 Å². The molecule has 0 radical (unpaired) electrons. The highest BCUT2D eigenvalue weighted by molar-refractivity contribution is 6.30. The van der Waals surface area contributed by atoms with Gasteiger partial charge in [-0.05, 0) is 67.3 Å². The van der Waals surface area contributed by atoms with Gasteiger partial charge in [0.1, 0.15) is 0 Å². The van der Waals surface area contributed by atoms with Gasteiger partial charge in [0.25, 0.3) is 5.91 Å². The normalized spacial score (nSPS) is 12.1. The summed E-state index contributed by atoms with van der Waals surface area (Å²) in [5.74, 6) is -0.0416. The van der Waals surface area contributed by atoms with Crippen molar-refractivity contribution in [2.75, 3.05) is 0 Å². The molecule has 1 N–H and O–H groups in total. The van der Waals surface area contributed by atoms with Gasteiger partial charge >= 0.3 is 0 Å². The Bertz CT molecular complexity index is 1210. The van der Waals surface area contributed by atoms with Crippen molar-refractivity contribution in [2.24, 2.45) is 0 Å². The standard InChI is InChI=1S/C27H27ClN2O/c1-4-25(21-8-6-5-7-9-21)29-27(31)22-12-15-26-24(16-22)18(2)19(3)30(26)17-20-10-13-23(28)14-11-20/h5-16,25H,4,17H2,1-3H3,(H,29,31). The summed E-state index contributed by atoms with van der Waals surface area (Å²) in [7, 11) is 0. The predicted octanol–water partition coefficient (Wildman–Crippen LogP) is 6.84. The highest BCUT2D eigenvalue weighted by Crippen LogP contribution is 2.28. The van der Waals surface area contributed by atoms with E-state index in [-0.39, 0.29) is 11.9 Å². The van der Waals surface area contributed by atoms with E-state index in [1.807, 2.05) is 42.5 Å². The quantitative estimate of drug-likeness (QED) is 0.357. The topological polar surface area (TPSA) is 34.0 Å². The zero-order valence-electron chi connectivity index (χ0n) is 18.2. The van der Waals surface area contributed by atoms with E-state index in [1.54, 1.807) is 0 Å². The molecule has 0 saturated carbocycles. The Morgan fingerprint density at radius 2 is 1.71 bits per heavy atom. The summed E-state index contributed by atoms with van der Waals surface area (Å²) in [6.07, 6.45) is 0.841. The van der Waals surface area contributed by atoms with Crippen LogP contribution in [0.2, 0.25) is 5.02 Å². The molecule has 3 aromatic carbocycles. The van der Waals surface area contributed by atoms with Crippen molar-refractivity contribution in [2.45, 2.75) is 39.8 Å². The Morgan fingerprint density at radius 1 is 1.00 bits per heavy atom. The van der Waals surface area contributed by atoms with Crippen LogP contribution < -0.4 is 5.32 Å². The van der Waals surface area contributed by atoms with Crippen LogP contribution in [-0.2, 0) is 6.54 Å². The molecular weight excluding hydrogens is 404 g/mol. The fraction of sp³-hybridized carbons (Fsp3) is 0.222.